The van der Waals surface area contributed by atoms with E-state index in [0.29, 0.717) is 16.7 Å². The standard InChI is InChI=1S/C19H18N6O2S/c1-24-14-9-8-13(10-15(14)25(2)19(24)27)20-16(26)11-28-18-21-17(22-23-18)12-6-4-3-5-7-12/h3-10H,11H2,1-2H3,(H,20,26)(H,21,22,23). The number of fused-ring (bicyclic) bond motifs is 1. The Morgan fingerprint density at radius 2 is 1.86 bits per heavy atom. The summed E-state index contributed by atoms with van der Waals surface area (Å²) in [4.78, 5) is 28.7. The Morgan fingerprint density at radius 3 is 2.64 bits per heavy atom. The van der Waals surface area contributed by atoms with Crippen molar-refractivity contribution < 1.29 is 4.79 Å². The summed E-state index contributed by atoms with van der Waals surface area (Å²) >= 11 is 1.25. The number of thioether (sulfide) groups is 1. The fourth-order valence-electron chi connectivity index (χ4n) is 2.95. The highest BCUT2D eigenvalue weighted by Gasteiger charge is 2.11. The number of aromatic amines is 1. The van der Waals surface area contributed by atoms with Crippen LogP contribution in [0, 0.1) is 0 Å². The molecular weight excluding hydrogens is 376 g/mol. The van der Waals surface area contributed by atoms with E-state index in [9.17, 15) is 9.59 Å². The van der Waals surface area contributed by atoms with E-state index in [4.69, 9.17) is 0 Å². The zero-order valence-corrected chi connectivity index (χ0v) is 16.2. The first-order chi connectivity index (χ1) is 13.5. The lowest BCUT2D eigenvalue weighted by Gasteiger charge is -2.05. The minimum atomic E-state index is -0.170. The van der Waals surface area contributed by atoms with Gasteiger partial charge in [0, 0.05) is 25.3 Å². The first-order valence-electron chi connectivity index (χ1n) is 8.59. The van der Waals surface area contributed by atoms with E-state index < -0.39 is 0 Å². The largest absolute Gasteiger partial charge is 0.328 e. The van der Waals surface area contributed by atoms with Crippen molar-refractivity contribution in [2.45, 2.75) is 5.16 Å². The summed E-state index contributed by atoms with van der Waals surface area (Å²) in [5.74, 6) is 0.674. The number of carbonyl (C=O) groups is 1. The molecule has 142 valence electrons. The number of carbonyl (C=O) groups excluding carboxylic acids is 1. The predicted molar refractivity (Wildman–Crippen MR) is 109 cm³/mol. The van der Waals surface area contributed by atoms with Crippen molar-refractivity contribution in [2.75, 3.05) is 11.1 Å². The van der Waals surface area contributed by atoms with Gasteiger partial charge in [-0.3, -0.25) is 19.0 Å². The zero-order chi connectivity index (χ0) is 19.7. The van der Waals surface area contributed by atoms with Crippen molar-refractivity contribution in [3.63, 3.8) is 0 Å². The number of anilines is 1. The maximum absolute atomic E-state index is 12.3. The Kier molecular flexibility index (Phi) is 4.74. The Balaban J connectivity index is 1.41. The summed E-state index contributed by atoms with van der Waals surface area (Å²) in [6.45, 7) is 0. The molecule has 0 spiro atoms. The number of imidazole rings is 1. The van der Waals surface area contributed by atoms with Gasteiger partial charge in [0.1, 0.15) is 0 Å². The summed E-state index contributed by atoms with van der Waals surface area (Å²) in [5.41, 5.74) is 3.05. The second-order valence-electron chi connectivity index (χ2n) is 6.27. The quantitative estimate of drug-likeness (QED) is 0.507. The third kappa shape index (κ3) is 3.44. The van der Waals surface area contributed by atoms with Crippen molar-refractivity contribution >= 4 is 34.4 Å². The fourth-order valence-corrected chi connectivity index (χ4v) is 3.55. The second-order valence-corrected chi connectivity index (χ2v) is 7.22. The van der Waals surface area contributed by atoms with Crippen LogP contribution in [-0.4, -0.2) is 36.0 Å². The summed E-state index contributed by atoms with van der Waals surface area (Å²) in [7, 11) is 3.43. The van der Waals surface area contributed by atoms with Crippen LogP contribution in [-0.2, 0) is 18.9 Å². The molecule has 0 aliphatic heterocycles. The highest BCUT2D eigenvalue weighted by atomic mass is 32.2. The molecule has 2 N–H and O–H groups in total. The first-order valence-corrected chi connectivity index (χ1v) is 9.57. The molecule has 0 atom stereocenters. The normalized spacial score (nSPS) is 11.1. The van der Waals surface area contributed by atoms with E-state index >= 15 is 0 Å². The van der Waals surface area contributed by atoms with Gasteiger partial charge in [-0.05, 0) is 18.2 Å². The van der Waals surface area contributed by atoms with Gasteiger partial charge in [-0.2, -0.15) is 0 Å². The highest BCUT2D eigenvalue weighted by Crippen LogP contribution is 2.20. The van der Waals surface area contributed by atoms with Crippen LogP contribution in [0.25, 0.3) is 22.4 Å². The van der Waals surface area contributed by atoms with Gasteiger partial charge < -0.3 is 5.32 Å². The van der Waals surface area contributed by atoms with E-state index in [1.807, 2.05) is 36.4 Å². The average molecular weight is 394 g/mol. The van der Waals surface area contributed by atoms with Crippen molar-refractivity contribution in [3.8, 4) is 11.4 Å². The number of aryl methyl sites for hydroxylation is 2. The van der Waals surface area contributed by atoms with Crippen LogP contribution in [0.5, 0.6) is 0 Å². The molecule has 0 fully saturated rings. The summed E-state index contributed by atoms with van der Waals surface area (Å²) < 4.78 is 3.13. The van der Waals surface area contributed by atoms with Crippen molar-refractivity contribution in [1.29, 1.82) is 0 Å². The van der Waals surface area contributed by atoms with E-state index in [1.54, 1.807) is 35.4 Å². The Hall–Kier alpha value is -3.33. The number of amides is 1. The zero-order valence-electron chi connectivity index (χ0n) is 15.3. The van der Waals surface area contributed by atoms with Crippen LogP contribution in [0.3, 0.4) is 0 Å². The molecule has 8 nitrogen and oxygen atoms in total. The molecule has 0 saturated carbocycles. The lowest BCUT2D eigenvalue weighted by Crippen LogP contribution is -2.19. The first kappa shape index (κ1) is 18.1. The third-order valence-corrected chi connectivity index (χ3v) is 5.25. The number of hydrogen-bond donors (Lipinski definition) is 2. The number of nitrogens with one attached hydrogen (secondary N) is 2. The topological polar surface area (TPSA) is 97.6 Å². The molecule has 0 aliphatic carbocycles. The lowest BCUT2D eigenvalue weighted by molar-refractivity contribution is -0.113. The number of hydrogen-bond acceptors (Lipinski definition) is 5. The Bertz CT molecular complexity index is 1210. The molecule has 0 unspecified atom stereocenters. The monoisotopic (exact) mass is 394 g/mol. The van der Waals surface area contributed by atoms with Gasteiger partial charge in [0.05, 0.1) is 16.8 Å². The van der Waals surface area contributed by atoms with Gasteiger partial charge in [0.2, 0.25) is 11.1 Å². The summed E-state index contributed by atoms with van der Waals surface area (Å²) in [5, 5.41) is 10.4. The second kappa shape index (κ2) is 7.35. The van der Waals surface area contributed by atoms with Crippen molar-refractivity contribution in [1.82, 2.24) is 24.3 Å². The van der Waals surface area contributed by atoms with Crippen LogP contribution in [0.2, 0.25) is 0 Å². The molecule has 0 saturated heterocycles. The molecule has 0 aliphatic rings. The molecule has 0 radical (unpaired) electrons. The molecule has 4 aromatic rings. The van der Waals surface area contributed by atoms with Crippen LogP contribution < -0.4 is 11.0 Å². The molecule has 2 heterocycles. The van der Waals surface area contributed by atoms with Crippen LogP contribution in [0.15, 0.2) is 58.5 Å². The van der Waals surface area contributed by atoms with E-state index in [-0.39, 0.29) is 17.3 Å². The number of benzene rings is 2. The lowest BCUT2D eigenvalue weighted by atomic mass is 10.2. The Morgan fingerprint density at radius 1 is 1.11 bits per heavy atom. The van der Waals surface area contributed by atoms with Crippen molar-refractivity contribution in [2.24, 2.45) is 14.1 Å². The molecule has 9 heteroatoms. The highest BCUT2D eigenvalue weighted by molar-refractivity contribution is 7.99. The van der Waals surface area contributed by atoms with E-state index in [1.165, 1.54) is 11.8 Å². The van der Waals surface area contributed by atoms with Gasteiger partial charge in [-0.1, -0.05) is 42.1 Å². The van der Waals surface area contributed by atoms with Crippen LogP contribution in [0.1, 0.15) is 0 Å². The minimum Gasteiger partial charge on any atom is -0.325 e. The molecule has 2 aromatic heterocycles. The van der Waals surface area contributed by atoms with Crippen LogP contribution >= 0.6 is 11.8 Å². The molecule has 1 amide bonds. The maximum Gasteiger partial charge on any atom is 0.328 e. The number of aromatic nitrogens is 5. The third-order valence-electron chi connectivity index (χ3n) is 4.40. The summed E-state index contributed by atoms with van der Waals surface area (Å²) in [6.07, 6.45) is 0. The number of nitrogens with zero attached hydrogens (tertiary/aromatic N) is 4. The average Bonchev–Trinajstić information content (AvgIpc) is 3.27. The SMILES string of the molecule is Cn1c(=O)n(C)c2cc(NC(=O)CSc3n[nH]c(-c4ccccc4)n3)ccc21. The van der Waals surface area contributed by atoms with Gasteiger partial charge >= 0.3 is 5.69 Å². The van der Waals surface area contributed by atoms with Gasteiger partial charge in [-0.15, -0.1) is 5.10 Å². The fraction of sp³-hybridized carbons (Fsp3) is 0.158. The van der Waals surface area contributed by atoms with E-state index in [2.05, 4.69) is 20.5 Å². The maximum atomic E-state index is 12.3. The molecule has 2 aromatic carbocycles. The number of H-pyrrole nitrogens is 1. The van der Waals surface area contributed by atoms with Gasteiger partial charge in [0.25, 0.3) is 0 Å². The molecule has 4 rings (SSSR count). The molecular formula is C19H18N6O2S. The number of rotatable bonds is 5. The van der Waals surface area contributed by atoms with Gasteiger partial charge in [0.15, 0.2) is 5.82 Å². The summed E-state index contributed by atoms with van der Waals surface area (Å²) in [6, 6.07) is 15.1. The smallest absolute Gasteiger partial charge is 0.325 e. The molecule has 0 bridgehead atoms. The van der Waals surface area contributed by atoms with Crippen molar-refractivity contribution in [3.05, 3.63) is 59.0 Å². The van der Waals surface area contributed by atoms with Crippen LogP contribution in [0.4, 0.5) is 5.69 Å². The Labute approximate surface area is 164 Å². The minimum absolute atomic E-state index is 0.104. The molecule has 28 heavy (non-hydrogen) atoms. The van der Waals surface area contributed by atoms with E-state index in [0.717, 1.165) is 16.6 Å². The van der Waals surface area contributed by atoms with Gasteiger partial charge in [-0.25, -0.2) is 9.78 Å². The predicted octanol–water partition coefficient (Wildman–Crippen LogP) is 2.39.